The van der Waals surface area contributed by atoms with Crippen molar-refractivity contribution < 1.29 is 9.21 Å². The molecule has 0 unspecified atom stereocenters. The van der Waals surface area contributed by atoms with Crippen LogP contribution in [0.2, 0.25) is 0 Å². The topological polar surface area (TPSA) is 85.8 Å². The van der Waals surface area contributed by atoms with Crippen LogP contribution in [0.1, 0.15) is 16.1 Å². The molecule has 0 fully saturated rings. The van der Waals surface area contributed by atoms with Gasteiger partial charge in [0.25, 0.3) is 5.91 Å². The minimum absolute atomic E-state index is 0.254. The van der Waals surface area contributed by atoms with Crippen molar-refractivity contribution in [2.75, 3.05) is 0 Å². The minimum Gasteiger partial charge on any atom is -0.459 e. The number of nitrogens with zero attached hydrogens (tertiary/aromatic N) is 4. The van der Waals surface area contributed by atoms with Gasteiger partial charge in [0.1, 0.15) is 12.7 Å². The summed E-state index contributed by atoms with van der Waals surface area (Å²) < 4.78 is 6.57. The first-order valence-electron chi connectivity index (χ1n) is 5.94. The van der Waals surface area contributed by atoms with E-state index in [0.717, 1.165) is 5.56 Å². The van der Waals surface area contributed by atoms with Gasteiger partial charge in [0.05, 0.1) is 6.26 Å². The molecule has 3 heterocycles. The van der Waals surface area contributed by atoms with Crippen molar-refractivity contribution in [2.45, 2.75) is 6.54 Å². The van der Waals surface area contributed by atoms with Crippen LogP contribution >= 0.6 is 0 Å². The summed E-state index contributed by atoms with van der Waals surface area (Å²) in [5, 5.41) is 6.73. The number of nitrogens with one attached hydrogen (secondary N) is 1. The number of rotatable bonds is 4. The average Bonchev–Trinajstić information content (AvgIpc) is 3.18. The molecule has 0 radical (unpaired) electrons. The molecule has 100 valence electrons. The second-order valence-corrected chi connectivity index (χ2v) is 4.02. The molecule has 0 aliphatic carbocycles. The van der Waals surface area contributed by atoms with Gasteiger partial charge in [-0.3, -0.25) is 4.79 Å². The molecule has 0 aliphatic rings. The molecule has 0 aromatic carbocycles. The third kappa shape index (κ3) is 2.56. The largest absolute Gasteiger partial charge is 0.459 e. The van der Waals surface area contributed by atoms with Gasteiger partial charge in [0.15, 0.2) is 11.6 Å². The third-order valence-electron chi connectivity index (χ3n) is 2.66. The van der Waals surface area contributed by atoms with Crippen molar-refractivity contribution >= 4 is 5.91 Å². The highest BCUT2D eigenvalue weighted by atomic mass is 16.3. The molecule has 20 heavy (non-hydrogen) atoms. The van der Waals surface area contributed by atoms with Crippen molar-refractivity contribution in [3.05, 3.63) is 60.7 Å². The van der Waals surface area contributed by atoms with Gasteiger partial charge < -0.3 is 9.73 Å². The Labute approximate surface area is 114 Å². The Morgan fingerprint density at radius 3 is 2.95 bits per heavy atom. The van der Waals surface area contributed by atoms with Gasteiger partial charge in [-0.05, 0) is 23.8 Å². The zero-order valence-electron chi connectivity index (χ0n) is 10.4. The molecule has 3 aromatic rings. The zero-order valence-corrected chi connectivity index (χ0v) is 10.4. The molecular weight excluding hydrogens is 258 g/mol. The predicted molar refractivity (Wildman–Crippen MR) is 69.0 cm³/mol. The van der Waals surface area contributed by atoms with Gasteiger partial charge in [-0.2, -0.15) is 5.10 Å². The van der Waals surface area contributed by atoms with E-state index < -0.39 is 0 Å². The van der Waals surface area contributed by atoms with E-state index in [9.17, 15) is 4.79 Å². The molecule has 7 nitrogen and oxygen atoms in total. The number of aromatic nitrogens is 4. The number of furan rings is 1. The Kier molecular flexibility index (Phi) is 3.24. The molecule has 0 atom stereocenters. The lowest BCUT2D eigenvalue weighted by molar-refractivity contribution is 0.0923. The normalized spacial score (nSPS) is 10.4. The number of carbonyl (C=O) groups excluding carboxylic acids is 1. The summed E-state index contributed by atoms with van der Waals surface area (Å²) in [5.41, 5.74) is 0.883. The van der Waals surface area contributed by atoms with Crippen LogP contribution in [0.5, 0.6) is 0 Å². The molecule has 0 saturated carbocycles. The maximum atomic E-state index is 11.7. The molecule has 0 spiro atoms. The van der Waals surface area contributed by atoms with E-state index in [1.807, 2.05) is 12.1 Å². The van der Waals surface area contributed by atoms with Gasteiger partial charge in [-0.15, -0.1) is 0 Å². The lowest BCUT2D eigenvalue weighted by Gasteiger charge is -2.04. The summed E-state index contributed by atoms with van der Waals surface area (Å²) in [5.74, 6) is 0.705. The molecule has 1 N–H and O–H groups in total. The highest BCUT2D eigenvalue weighted by Crippen LogP contribution is 2.05. The lowest BCUT2D eigenvalue weighted by atomic mass is 10.2. The Morgan fingerprint density at radius 2 is 2.30 bits per heavy atom. The Hall–Kier alpha value is -2.96. The van der Waals surface area contributed by atoms with Crippen LogP contribution in [0, 0.1) is 0 Å². The summed E-state index contributed by atoms with van der Waals surface area (Å²) in [6.45, 7) is 0.379. The van der Waals surface area contributed by atoms with E-state index in [4.69, 9.17) is 4.42 Å². The van der Waals surface area contributed by atoms with Gasteiger partial charge in [0, 0.05) is 12.7 Å². The molecule has 3 aromatic heterocycles. The maximum Gasteiger partial charge on any atom is 0.287 e. The number of hydrogen-bond donors (Lipinski definition) is 1. The number of carbonyl (C=O) groups is 1. The average molecular weight is 269 g/mol. The minimum atomic E-state index is -0.254. The Morgan fingerprint density at radius 1 is 1.35 bits per heavy atom. The smallest absolute Gasteiger partial charge is 0.287 e. The van der Waals surface area contributed by atoms with Crippen LogP contribution in [0.25, 0.3) is 5.82 Å². The van der Waals surface area contributed by atoms with Crippen LogP contribution in [0.4, 0.5) is 0 Å². The SMILES string of the molecule is O=C(NCc1ccc(-n2cncn2)nc1)c1ccco1. The lowest BCUT2D eigenvalue weighted by Crippen LogP contribution is -2.22. The fourth-order valence-electron chi connectivity index (χ4n) is 1.66. The molecule has 3 rings (SSSR count). The van der Waals surface area contributed by atoms with Crippen molar-refractivity contribution in [1.29, 1.82) is 0 Å². The van der Waals surface area contributed by atoms with E-state index in [2.05, 4.69) is 20.4 Å². The second-order valence-electron chi connectivity index (χ2n) is 4.02. The second kappa shape index (κ2) is 5.35. The molecule has 0 bridgehead atoms. The first-order chi connectivity index (χ1) is 9.83. The highest BCUT2D eigenvalue weighted by Gasteiger charge is 2.07. The van der Waals surface area contributed by atoms with Crippen LogP contribution in [0.15, 0.2) is 53.8 Å². The van der Waals surface area contributed by atoms with E-state index in [-0.39, 0.29) is 11.7 Å². The van der Waals surface area contributed by atoms with Crippen LogP contribution in [0.3, 0.4) is 0 Å². The van der Waals surface area contributed by atoms with Crippen LogP contribution in [-0.2, 0) is 6.54 Å². The first-order valence-corrected chi connectivity index (χ1v) is 5.94. The van der Waals surface area contributed by atoms with Crippen molar-refractivity contribution in [2.24, 2.45) is 0 Å². The van der Waals surface area contributed by atoms with E-state index in [1.54, 1.807) is 29.3 Å². The number of amides is 1. The van der Waals surface area contributed by atoms with Crippen molar-refractivity contribution in [1.82, 2.24) is 25.1 Å². The fourth-order valence-corrected chi connectivity index (χ4v) is 1.66. The molecule has 1 amide bonds. The fraction of sp³-hybridized carbons (Fsp3) is 0.0769. The van der Waals surface area contributed by atoms with E-state index >= 15 is 0 Å². The molecule has 7 heteroatoms. The van der Waals surface area contributed by atoms with Crippen molar-refractivity contribution in [3.63, 3.8) is 0 Å². The van der Waals surface area contributed by atoms with Gasteiger partial charge in [0.2, 0.25) is 0 Å². The third-order valence-corrected chi connectivity index (χ3v) is 2.66. The number of pyridine rings is 1. The van der Waals surface area contributed by atoms with Crippen LogP contribution in [-0.4, -0.2) is 25.7 Å². The van der Waals surface area contributed by atoms with Gasteiger partial charge >= 0.3 is 0 Å². The quantitative estimate of drug-likeness (QED) is 0.768. The summed E-state index contributed by atoms with van der Waals surface area (Å²) in [7, 11) is 0. The van der Waals surface area contributed by atoms with Gasteiger partial charge in [-0.25, -0.2) is 14.6 Å². The molecule has 0 aliphatic heterocycles. The van der Waals surface area contributed by atoms with Gasteiger partial charge in [-0.1, -0.05) is 6.07 Å². The Bertz CT molecular complexity index is 674. The maximum absolute atomic E-state index is 11.7. The van der Waals surface area contributed by atoms with E-state index in [0.29, 0.717) is 12.4 Å². The van der Waals surface area contributed by atoms with E-state index in [1.165, 1.54) is 12.6 Å². The van der Waals surface area contributed by atoms with Crippen molar-refractivity contribution in [3.8, 4) is 5.82 Å². The monoisotopic (exact) mass is 269 g/mol. The summed E-state index contributed by atoms with van der Waals surface area (Å²) >= 11 is 0. The number of hydrogen-bond acceptors (Lipinski definition) is 5. The summed E-state index contributed by atoms with van der Waals surface area (Å²) in [4.78, 5) is 19.8. The van der Waals surface area contributed by atoms with Crippen LogP contribution < -0.4 is 5.32 Å². The zero-order chi connectivity index (χ0) is 13.8. The Balaban J connectivity index is 1.63. The molecule has 0 saturated heterocycles. The highest BCUT2D eigenvalue weighted by molar-refractivity contribution is 5.91. The standard InChI is InChI=1S/C13H11N5O2/c19-13(11-2-1-5-20-11)16-7-10-3-4-12(15-6-10)18-9-14-8-17-18/h1-6,8-9H,7H2,(H,16,19). The summed E-state index contributed by atoms with van der Waals surface area (Å²) in [6.07, 6.45) is 6.16. The summed E-state index contributed by atoms with van der Waals surface area (Å²) in [6, 6.07) is 6.96. The predicted octanol–water partition coefficient (Wildman–Crippen LogP) is 1.19. The molecular formula is C13H11N5O2. The first kappa shape index (κ1) is 12.1.